The number of hydrogen-bond acceptors (Lipinski definition) is 5. The molecule has 1 heterocycles. The first-order chi connectivity index (χ1) is 16.4. The van der Waals surface area contributed by atoms with E-state index >= 15 is 0 Å². The molecule has 6 nitrogen and oxygen atoms in total. The lowest BCUT2D eigenvalue weighted by Crippen LogP contribution is -2.42. The minimum Gasteiger partial charge on any atom is -0.441 e. The molecule has 1 aliphatic carbocycles. The Bertz CT molecular complexity index is 1100. The number of fused-ring (bicyclic) bond motifs is 1. The summed E-state index contributed by atoms with van der Waals surface area (Å²) in [5.41, 5.74) is 4.25. The first-order valence-corrected chi connectivity index (χ1v) is 12.6. The van der Waals surface area contributed by atoms with Gasteiger partial charge in [-0.1, -0.05) is 23.7 Å². The number of oxazole rings is 1. The van der Waals surface area contributed by atoms with Crippen molar-refractivity contribution in [2.45, 2.75) is 58.0 Å². The number of carbonyl (C=O) groups is 1. The lowest BCUT2D eigenvalue weighted by Gasteiger charge is -2.40. The quantitative estimate of drug-likeness (QED) is 0.461. The van der Waals surface area contributed by atoms with Gasteiger partial charge in [0.05, 0.1) is 0 Å². The number of para-hydroxylation sites is 2. The van der Waals surface area contributed by atoms with Crippen molar-refractivity contribution in [3.8, 4) is 0 Å². The summed E-state index contributed by atoms with van der Waals surface area (Å²) in [6, 6.07) is 12.6. The molecular weight excluding hydrogens is 448 g/mol. The number of amides is 1. The Hall–Kier alpha value is -2.57. The highest BCUT2D eigenvalue weighted by molar-refractivity contribution is 6.31. The van der Waals surface area contributed by atoms with Gasteiger partial charge >= 0.3 is 0 Å². The van der Waals surface area contributed by atoms with E-state index in [1.807, 2.05) is 37.3 Å². The number of anilines is 1. The summed E-state index contributed by atoms with van der Waals surface area (Å²) in [7, 11) is 4.33. The van der Waals surface area contributed by atoms with Crippen LogP contribution in [0.5, 0.6) is 0 Å². The molecule has 0 aliphatic heterocycles. The third-order valence-corrected chi connectivity index (χ3v) is 7.26. The van der Waals surface area contributed by atoms with E-state index in [0.717, 1.165) is 41.7 Å². The van der Waals surface area contributed by atoms with E-state index in [1.54, 1.807) is 6.07 Å². The molecule has 34 heavy (non-hydrogen) atoms. The van der Waals surface area contributed by atoms with Crippen LogP contribution in [0.25, 0.3) is 11.1 Å². The second-order valence-corrected chi connectivity index (χ2v) is 9.83. The Morgan fingerprint density at radius 2 is 1.85 bits per heavy atom. The van der Waals surface area contributed by atoms with E-state index in [-0.39, 0.29) is 5.91 Å². The third kappa shape index (κ3) is 5.39. The minimum atomic E-state index is -0.121. The molecule has 0 bridgehead atoms. The van der Waals surface area contributed by atoms with Crippen LogP contribution in [-0.4, -0.2) is 55.1 Å². The summed E-state index contributed by atoms with van der Waals surface area (Å²) in [5, 5.41) is 3.61. The summed E-state index contributed by atoms with van der Waals surface area (Å²) in [4.78, 5) is 22.3. The Morgan fingerprint density at radius 3 is 2.53 bits per heavy atom. The van der Waals surface area contributed by atoms with Gasteiger partial charge in [-0.15, -0.1) is 0 Å². The fourth-order valence-corrected chi connectivity index (χ4v) is 5.33. The van der Waals surface area contributed by atoms with E-state index in [2.05, 4.69) is 41.1 Å². The highest BCUT2D eigenvalue weighted by Gasteiger charge is 2.28. The number of carbonyl (C=O) groups excluding carboxylic acids is 1. The molecule has 7 heteroatoms. The number of rotatable bonds is 8. The summed E-state index contributed by atoms with van der Waals surface area (Å²) >= 11 is 6.51. The first kappa shape index (κ1) is 24.6. The molecule has 3 aromatic rings. The van der Waals surface area contributed by atoms with Crippen molar-refractivity contribution in [1.82, 2.24) is 15.2 Å². The molecule has 182 valence electrons. The van der Waals surface area contributed by atoms with Crippen LogP contribution in [0.3, 0.4) is 0 Å². The molecule has 1 amide bonds. The fraction of sp³-hybridized carbons (Fsp3) is 0.481. The Kier molecular flexibility index (Phi) is 7.79. The van der Waals surface area contributed by atoms with E-state index in [9.17, 15) is 4.79 Å². The van der Waals surface area contributed by atoms with Gasteiger partial charge in [0, 0.05) is 47.9 Å². The van der Waals surface area contributed by atoms with Gasteiger partial charge in [0.25, 0.3) is 5.91 Å². The number of benzene rings is 2. The van der Waals surface area contributed by atoms with Gasteiger partial charge in [-0.2, -0.15) is 0 Å². The second-order valence-electron chi connectivity index (χ2n) is 9.39. The minimum absolute atomic E-state index is 0.121. The topological polar surface area (TPSA) is 61.6 Å². The number of halogens is 1. The Labute approximate surface area is 207 Å². The zero-order valence-electron chi connectivity index (χ0n) is 20.6. The lowest BCUT2D eigenvalue weighted by molar-refractivity contribution is 0.0953. The Balaban J connectivity index is 1.44. The zero-order chi connectivity index (χ0) is 24.2. The predicted octanol–water partition coefficient (Wildman–Crippen LogP) is 5.46. The average Bonchev–Trinajstić information content (AvgIpc) is 3.24. The largest absolute Gasteiger partial charge is 0.441 e. The van der Waals surface area contributed by atoms with Crippen LogP contribution in [0.15, 0.2) is 40.8 Å². The van der Waals surface area contributed by atoms with Crippen LogP contribution < -0.4 is 10.2 Å². The molecule has 1 saturated carbocycles. The average molecular weight is 483 g/mol. The number of nitrogens with one attached hydrogen (secondary N) is 1. The maximum Gasteiger partial charge on any atom is 0.251 e. The molecule has 1 aromatic heterocycles. The van der Waals surface area contributed by atoms with Crippen LogP contribution in [0.2, 0.25) is 5.02 Å². The van der Waals surface area contributed by atoms with Crippen LogP contribution in [0, 0.1) is 6.92 Å². The normalized spacial score (nSPS) is 18.4. The van der Waals surface area contributed by atoms with E-state index in [1.165, 1.54) is 12.8 Å². The van der Waals surface area contributed by atoms with Gasteiger partial charge < -0.3 is 19.5 Å². The second kappa shape index (κ2) is 10.8. The molecule has 1 aliphatic rings. The molecule has 4 rings (SSSR count). The van der Waals surface area contributed by atoms with Crippen molar-refractivity contribution < 1.29 is 9.21 Å². The van der Waals surface area contributed by atoms with Gasteiger partial charge in [0.15, 0.2) is 11.5 Å². The smallest absolute Gasteiger partial charge is 0.251 e. The first-order valence-electron chi connectivity index (χ1n) is 12.2. The number of aromatic nitrogens is 1. The molecule has 2 aromatic carbocycles. The van der Waals surface area contributed by atoms with Gasteiger partial charge in [0.2, 0.25) is 0 Å². The lowest BCUT2D eigenvalue weighted by atomic mass is 9.89. The summed E-state index contributed by atoms with van der Waals surface area (Å²) in [6.07, 6.45) is 5.21. The van der Waals surface area contributed by atoms with Gasteiger partial charge in [-0.05, 0) is 83.5 Å². The maximum atomic E-state index is 13.1. The summed E-state index contributed by atoms with van der Waals surface area (Å²) in [5.74, 6) is 0.500. The molecule has 0 atom stereocenters. The van der Waals surface area contributed by atoms with Crippen molar-refractivity contribution in [1.29, 1.82) is 0 Å². The number of nitrogens with zero attached hydrogens (tertiary/aromatic N) is 3. The predicted molar refractivity (Wildman–Crippen MR) is 139 cm³/mol. The van der Waals surface area contributed by atoms with Crippen LogP contribution in [0.1, 0.15) is 54.4 Å². The van der Waals surface area contributed by atoms with Crippen molar-refractivity contribution >= 4 is 34.3 Å². The zero-order valence-corrected chi connectivity index (χ0v) is 21.4. The van der Waals surface area contributed by atoms with E-state index in [4.69, 9.17) is 16.0 Å². The van der Waals surface area contributed by atoms with E-state index in [0.29, 0.717) is 41.5 Å². The molecule has 0 unspecified atom stereocenters. The molecule has 0 saturated heterocycles. The number of hydrogen-bond donors (Lipinski definition) is 1. The van der Waals surface area contributed by atoms with Gasteiger partial charge in [0.1, 0.15) is 5.52 Å². The Morgan fingerprint density at radius 1 is 1.15 bits per heavy atom. The highest BCUT2D eigenvalue weighted by Crippen LogP contribution is 2.34. The van der Waals surface area contributed by atoms with Gasteiger partial charge in [-0.3, -0.25) is 4.79 Å². The van der Waals surface area contributed by atoms with Crippen molar-refractivity contribution in [3.63, 3.8) is 0 Å². The highest BCUT2D eigenvalue weighted by atomic mass is 35.5. The maximum absolute atomic E-state index is 13.1. The molecule has 0 radical (unpaired) electrons. The monoisotopic (exact) mass is 482 g/mol. The van der Waals surface area contributed by atoms with Crippen molar-refractivity contribution in [2.24, 2.45) is 0 Å². The van der Waals surface area contributed by atoms with Gasteiger partial charge in [-0.25, -0.2) is 4.98 Å². The fourth-order valence-electron chi connectivity index (χ4n) is 5.12. The molecule has 0 spiro atoms. The van der Waals surface area contributed by atoms with Crippen LogP contribution >= 0.6 is 11.6 Å². The molecule has 1 N–H and O–H groups in total. The van der Waals surface area contributed by atoms with Crippen LogP contribution in [0.4, 0.5) is 5.69 Å². The third-order valence-electron chi connectivity index (χ3n) is 7.04. The standard InChI is InChI=1S/C27H35ClN4O2/c1-5-32(21-12-10-20(11-13-21)31(3)4)24-17-19(28)16-22(18(24)2)27(33)29-15-14-26-30-23-8-6-7-9-25(23)34-26/h6-9,16-17,20-21H,5,10-15H2,1-4H3,(H,29,33). The summed E-state index contributed by atoms with van der Waals surface area (Å²) in [6.45, 7) is 5.53. The van der Waals surface area contributed by atoms with Crippen molar-refractivity contribution in [3.05, 3.63) is 58.4 Å². The molecule has 1 fully saturated rings. The summed E-state index contributed by atoms with van der Waals surface area (Å²) < 4.78 is 5.76. The van der Waals surface area contributed by atoms with Crippen LogP contribution in [-0.2, 0) is 6.42 Å². The van der Waals surface area contributed by atoms with E-state index < -0.39 is 0 Å². The SMILES string of the molecule is CCN(c1cc(Cl)cc(C(=O)NCCc2nc3ccccc3o2)c1C)C1CCC(N(C)C)CC1. The van der Waals surface area contributed by atoms with Crippen molar-refractivity contribution in [2.75, 3.05) is 32.1 Å². The molecular formula is C27H35ClN4O2.